The van der Waals surface area contributed by atoms with Gasteiger partial charge >= 0.3 is 5.91 Å². The van der Waals surface area contributed by atoms with Crippen LogP contribution in [-0.2, 0) is 16.1 Å². The molecule has 4 aromatic rings. The van der Waals surface area contributed by atoms with E-state index in [1.54, 1.807) is 25.5 Å². The van der Waals surface area contributed by atoms with Gasteiger partial charge in [-0.3, -0.25) is 9.59 Å². The van der Waals surface area contributed by atoms with E-state index in [1.165, 1.54) is 0 Å². The summed E-state index contributed by atoms with van der Waals surface area (Å²) in [4.78, 5) is 27.1. The topological polar surface area (TPSA) is 98.3 Å². The highest BCUT2D eigenvalue weighted by molar-refractivity contribution is 6.01. The fourth-order valence-corrected chi connectivity index (χ4v) is 4.09. The molecule has 9 nitrogen and oxygen atoms in total. The maximum Gasteiger partial charge on any atom is 0.307 e. The molecule has 0 unspecified atom stereocenters. The summed E-state index contributed by atoms with van der Waals surface area (Å²) in [6, 6.07) is 14.9. The molecule has 0 radical (unpaired) electrons. The second kappa shape index (κ2) is 9.40. The van der Waals surface area contributed by atoms with E-state index < -0.39 is 5.91 Å². The summed E-state index contributed by atoms with van der Waals surface area (Å²) in [5.41, 5.74) is 4.72. The first-order valence-electron chi connectivity index (χ1n) is 11.0. The second-order valence-corrected chi connectivity index (χ2v) is 7.91. The quantitative estimate of drug-likeness (QED) is 0.352. The largest absolute Gasteiger partial charge is 0.493 e. The number of hydrazone groups is 1. The molecule has 2 aromatic carbocycles. The Hall–Kier alpha value is -4.11. The summed E-state index contributed by atoms with van der Waals surface area (Å²) >= 11 is 0. The lowest BCUT2D eigenvalue weighted by molar-refractivity contribution is -0.135. The van der Waals surface area contributed by atoms with Gasteiger partial charge in [0.05, 0.1) is 26.5 Å². The van der Waals surface area contributed by atoms with Crippen LogP contribution in [0.3, 0.4) is 0 Å². The first-order chi connectivity index (χ1) is 16.6. The maximum absolute atomic E-state index is 12.7. The standard InChI is InChI=1S/C25H24N4O5/c1-32-21-8-4-5-17-13-22(34-24(17)21)25(31)27-26-14-18-15-29(20-7-3-2-6-19(18)20)16-23(30)28-9-11-33-12-10-28/h2-8,13-15H,9-12,16H2,1H3,(H,27,31)/b26-14-. The van der Waals surface area contributed by atoms with Crippen molar-refractivity contribution < 1.29 is 23.5 Å². The number of benzene rings is 2. The number of ether oxygens (including phenoxy) is 2. The van der Waals surface area contributed by atoms with Crippen molar-refractivity contribution in [3.8, 4) is 5.75 Å². The summed E-state index contributed by atoms with van der Waals surface area (Å²) in [7, 11) is 1.55. The van der Waals surface area contributed by atoms with E-state index in [2.05, 4.69) is 10.5 Å². The van der Waals surface area contributed by atoms with Crippen LogP contribution in [0.15, 0.2) is 64.2 Å². The van der Waals surface area contributed by atoms with Gasteiger partial charge in [-0.1, -0.05) is 30.3 Å². The van der Waals surface area contributed by atoms with Crippen LogP contribution in [-0.4, -0.2) is 60.9 Å². The Labute approximate surface area is 195 Å². The van der Waals surface area contributed by atoms with Crippen molar-refractivity contribution in [2.75, 3.05) is 33.4 Å². The number of hydrogen-bond acceptors (Lipinski definition) is 6. The number of nitrogens with one attached hydrogen (secondary N) is 1. The van der Waals surface area contributed by atoms with Crippen LogP contribution in [0.1, 0.15) is 16.1 Å². The lowest BCUT2D eigenvalue weighted by atomic mass is 10.2. The number of hydrogen-bond donors (Lipinski definition) is 1. The summed E-state index contributed by atoms with van der Waals surface area (Å²) in [6.07, 6.45) is 3.43. The van der Waals surface area contributed by atoms with Crippen molar-refractivity contribution in [1.29, 1.82) is 0 Å². The van der Waals surface area contributed by atoms with E-state index in [4.69, 9.17) is 13.9 Å². The number of carbonyl (C=O) groups is 2. The molecule has 0 atom stereocenters. The van der Waals surface area contributed by atoms with E-state index in [1.807, 2.05) is 52.1 Å². The predicted octanol–water partition coefficient (Wildman–Crippen LogP) is 3.02. The summed E-state index contributed by atoms with van der Waals surface area (Å²) in [5, 5.41) is 5.82. The van der Waals surface area contributed by atoms with Gasteiger partial charge in [-0.05, 0) is 18.2 Å². The minimum absolute atomic E-state index is 0.0427. The number of amides is 2. The molecule has 1 aliphatic rings. The Bertz CT molecular complexity index is 1380. The molecule has 0 aliphatic carbocycles. The van der Waals surface area contributed by atoms with Gasteiger partial charge in [0, 0.05) is 41.1 Å². The van der Waals surface area contributed by atoms with Gasteiger partial charge in [0.1, 0.15) is 6.54 Å². The van der Waals surface area contributed by atoms with Crippen LogP contribution in [0.4, 0.5) is 0 Å². The molecular formula is C25H24N4O5. The van der Waals surface area contributed by atoms with Crippen molar-refractivity contribution >= 4 is 39.9 Å². The third kappa shape index (κ3) is 4.25. The van der Waals surface area contributed by atoms with Crippen LogP contribution in [0.25, 0.3) is 21.9 Å². The smallest absolute Gasteiger partial charge is 0.307 e. The molecule has 9 heteroatoms. The molecule has 1 N–H and O–H groups in total. The Morgan fingerprint density at radius 1 is 1.15 bits per heavy atom. The number of carbonyl (C=O) groups excluding carboxylic acids is 2. The zero-order valence-corrected chi connectivity index (χ0v) is 18.7. The van der Waals surface area contributed by atoms with E-state index >= 15 is 0 Å². The van der Waals surface area contributed by atoms with Gasteiger partial charge in [-0.2, -0.15) is 5.10 Å². The minimum Gasteiger partial charge on any atom is -0.493 e. The second-order valence-electron chi connectivity index (χ2n) is 7.91. The first-order valence-corrected chi connectivity index (χ1v) is 11.0. The molecule has 34 heavy (non-hydrogen) atoms. The highest BCUT2D eigenvalue weighted by Gasteiger charge is 2.19. The number of rotatable bonds is 6. The molecule has 2 aromatic heterocycles. The Kier molecular flexibility index (Phi) is 6.01. The molecule has 0 spiro atoms. The molecule has 3 heterocycles. The number of morpholine rings is 1. The van der Waals surface area contributed by atoms with E-state index in [-0.39, 0.29) is 18.2 Å². The van der Waals surface area contributed by atoms with Gasteiger partial charge < -0.3 is 23.4 Å². The SMILES string of the molecule is COc1cccc2cc(C(=O)N/N=C\c3cn(CC(=O)N4CCOCC4)c4ccccc34)oc12. The summed E-state index contributed by atoms with van der Waals surface area (Å²) in [6.45, 7) is 2.56. The van der Waals surface area contributed by atoms with Gasteiger partial charge in [-0.25, -0.2) is 5.43 Å². The number of fused-ring (bicyclic) bond motifs is 2. The fourth-order valence-electron chi connectivity index (χ4n) is 4.09. The molecular weight excluding hydrogens is 436 g/mol. The number of nitrogens with zero attached hydrogens (tertiary/aromatic N) is 3. The summed E-state index contributed by atoms with van der Waals surface area (Å²) in [5.74, 6) is 0.261. The van der Waals surface area contributed by atoms with Crippen LogP contribution >= 0.6 is 0 Å². The number of furan rings is 1. The Balaban J connectivity index is 1.33. The minimum atomic E-state index is -0.472. The van der Waals surface area contributed by atoms with E-state index in [0.717, 1.165) is 21.9 Å². The third-order valence-electron chi connectivity index (χ3n) is 5.81. The van der Waals surface area contributed by atoms with Gasteiger partial charge in [0.25, 0.3) is 0 Å². The molecule has 5 rings (SSSR count). The van der Waals surface area contributed by atoms with Crippen LogP contribution in [0.5, 0.6) is 5.75 Å². The Morgan fingerprint density at radius 3 is 2.79 bits per heavy atom. The molecule has 1 fully saturated rings. The predicted molar refractivity (Wildman–Crippen MR) is 127 cm³/mol. The van der Waals surface area contributed by atoms with Crippen LogP contribution < -0.4 is 10.2 Å². The average Bonchev–Trinajstić information content (AvgIpc) is 3.46. The monoisotopic (exact) mass is 460 g/mol. The highest BCUT2D eigenvalue weighted by atomic mass is 16.5. The number of para-hydroxylation sites is 2. The van der Waals surface area contributed by atoms with Crippen molar-refractivity contribution in [1.82, 2.24) is 14.9 Å². The maximum atomic E-state index is 12.7. The number of methoxy groups -OCH3 is 1. The van der Waals surface area contributed by atoms with Crippen molar-refractivity contribution in [3.05, 3.63) is 66.1 Å². The third-order valence-corrected chi connectivity index (χ3v) is 5.81. The van der Waals surface area contributed by atoms with Gasteiger partial charge in [0.2, 0.25) is 5.91 Å². The fraction of sp³-hybridized carbons (Fsp3) is 0.240. The van der Waals surface area contributed by atoms with Crippen LogP contribution in [0, 0.1) is 0 Å². The van der Waals surface area contributed by atoms with Gasteiger partial charge in [-0.15, -0.1) is 0 Å². The molecule has 1 aliphatic heterocycles. The van der Waals surface area contributed by atoms with Crippen molar-refractivity contribution in [3.63, 3.8) is 0 Å². The lowest BCUT2D eigenvalue weighted by Gasteiger charge is -2.27. The zero-order chi connectivity index (χ0) is 23.5. The van der Waals surface area contributed by atoms with Crippen molar-refractivity contribution in [2.45, 2.75) is 6.54 Å². The zero-order valence-electron chi connectivity index (χ0n) is 18.7. The summed E-state index contributed by atoms with van der Waals surface area (Å²) < 4.78 is 18.2. The molecule has 0 bridgehead atoms. The lowest BCUT2D eigenvalue weighted by Crippen LogP contribution is -2.42. The average molecular weight is 460 g/mol. The number of aromatic nitrogens is 1. The molecule has 1 saturated heterocycles. The Morgan fingerprint density at radius 2 is 1.97 bits per heavy atom. The molecule has 174 valence electrons. The molecule has 2 amide bonds. The first kappa shape index (κ1) is 21.7. The normalized spacial score (nSPS) is 14.2. The molecule has 0 saturated carbocycles. The highest BCUT2D eigenvalue weighted by Crippen LogP contribution is 2.28. The van der Waals surface area contributed by atoms with E-state index in [9.17, 15) is 9.59 Å². The van der Waals surface area contributed by atoms with Crippen molar-refractivity contribution in [2.24, 2.45) is 5.10 Å². The van der Waals surface area contributed by atoms with Gasteiger partial charge in [0.15, 0.2) is 17.1 Å². The van der Waals surface area contributed by atoms with Crippen LogP contribution in [0.2, 0.25) is 0 Å². The van der Waals surface area contributed by atoms with E-state index in [0.29, 0.717) is 37.6 Å².